The third-order valence-corrected chi connectivity index (χ3v) is 4.29. The van der Waals surface area contributed by atoms with E-state index < -0.39 is 6.10 Å². The van der Waals surface area contributed by atoms with Gasteiger partial charge in [-0.15, -0.1) is 0 Å². The summed E-state index contributed by atoms with van der Waals surface area (Å²) in [4.78, 5) is 0. The Bertz CT molecular complexity index is 622. The van der Waals surface area contributed by atoms with Crippen molar-refractivity contribution in [1.29, 1.82) is 0 Å². The van der Waals surface area contributed by atoms with Crippen LogP contribution in [0.5, 0.6) is 0 Å². The van der Waals surface area contributed by atoms with Crippen LogP contribution in [0.25, 0.3) is 0 Å². The van der Waals surface area contributed by atoms with Crippen molar-refractivity contribution in [2.75, 3.05) is 0 Å². The molecule has 1 aliphatic rings. The third kappa shape index (κ3) is 2.94. The van der Waals surface area contributed by atoms with E-state index in [4.69, 9.17) is 0 Å². The molecule has 1 atom stereocenters. The molecule has 3 heteroatoms. The summed E-state index contributed by atoms with van der Waals surface area (Å²) >= 11 is 3.24. The standard InChI is InChI=1S/C17H16BrFO/c18-13-8-7-12(16(19)10-13)9-17(20)15-4-2-1-3-14(15)11-5-6-11/h1-4,7-8,10-11,17,20H,5-6,9H2. The molecule has 3 rings (SSSR count). The van der Waals surface area contributed by atoms with Gasteiger partial charge in [-0.1, -0.05) is 46.3 Å². The molecule has 1 fully saturated rings. The number of hydrogen-bond acceptors (Lipinski definition) is 1. The van der Waals surface area contributed by atoms with Crippen LogP contribution < -0.4 is 0 Å². The topological polar surface area (TPSA) is 20.2 Å². The summed E-state index contributed by atoms with van der Waals surface area (Å²) in [6.45, 7) is 0. The van der Waals surface area contributed by atoms with Crippen LogP contribution in [-0.2, 0) is 6.42 Å². The zero-order valence-corrected chi connectivity index (χ0v) is 12.6. The van der Waals surface area contributed by atoms with E-state index in [0.717, 1.165) is 5.56 Å². The Labute approximate surface area is 126 Å². The average molecular weight is 335 g/mol. The molecule has 0 amide bonds. The van der Waals surface area contributed by atoms with E-state index in [1.54, 1.807) is 12.1 Å². The van der Waals surface area contributed by atoms with Crippen LogP contribution in [0.1, 0.15) is 41.6 Å². The number of rotatable bonds is 4. The Morgan fingerprint density at radius 3 is 2.65 bits per heavy atom. The second-order valence-corrected chi connectivity index (χ2v) is 6.27. The second kappa shape index (κ2) is 5.66. The fourth-order valence-corrected chi connectivity index (χ4v) is 2.92. The Balaban J connectivity index is 1.84. The lowest BCUT2D eigenvalue weighted by Crippen LogP contribution is -2.06. The molecule has 0 aromatic heterocycles. The van der Waals surface area contributed by atoms with E-state index in [-0.39, 0.29) is 5.82 Å². The van der Waals surface area contributed by atoms with Crippen LogP contribution in [0, 0.1) is 5.82 Å². The number of halogens is 2. The first kappa shape index (κ1) is 13.8. The Hall–Kier alpha value is -1.19. The van der Waals surface area contributed by atoms with Crippen LogP contribution >= 0.6 is 15.9 Å². The summed E-state index contributed by atoms with van der Waals surface area (Å²) in [6, 6.07) is 12.9. The van der Waals surface area contributed by atoms with Gasteiger partial charge < -0.3 is 5.11 Å². The molecule has 104 valence electrons. The van der Waals surface area contributed by atoms with Crippen molar-refractivity contribution in [3.05, 3.63) is 69.4 Å². The zero-order chi connectivity index (χ0) is 14.1. The maximum Gasteiger partial charge on any atom is 0.127 e. The molecule has 0 bridgehead atoms. The molecule has 0 radical (unpaired) electrons. The van der Waals surface area contributed by atoms with Crippen LogP contribution in [0.4, 0.5) is 4.39 Å². The van der Waals surface area contributed by atoms with Crippen molar-refractivity contribution >= 4 is 15.9 Å². The molecule has 0 spiro atoms. The monoisotopic (exact) mass is 334 g/mol. The number of hydrogen-bond donors (Lipinski definition) is 1. The predicted molar refractivity (Wildman–Crippen MR) is 81.2 cm³/mol. The number of benzene rings is 2. The van der Waals surface area contributed by atoms with Gasteiger partial charge >= 0.3 is 0 Å². The van der Waals surface area contributed by atoms with Gasteiger partial charge in [0.05, 0.1) is 6.10 Å². The first-order valence-corrected chi connectivity index (χ1v) is 7.65. The summed E-state index contributed by atoms with van der Waals surface area (Å²) < 4.78 is 14.6. The first-order chi connectivity index (χ1) is 9.65. The van der Waals surface area contributed by atoms with E-state index in [1.807, 2.05) is 18.2 Å². The van der Waals surface area contributed by atoms with Crippen molar-refractivity contribution in [2.24, 2.45) is 0 Å². The highest BCUT2D eigenvalue weighted by molar-refractivity contribution is 9.10. The van der Waals surface area contributed by atoms with E-state index in [1.165, 1.54) is 24.5 Å². The lowest BCUT2D eigenvalue weighted by atomic mass is 9.94. The smallest absolute Gasteiger partial charge is 0.127 e. The lowest BCUT2D eigenvalue weighted by molar-refractivity contribution is 0.176. The number of aliphatic hydroxyl groups excluding tert-OH is 1. The normalized spacial score (nSPS) is 16.1. The van der Waals surface area contributed by atoms with Crippen LogP contribution in [0.2, 0.25) is 0 Å². The summed E-state index contributed by atoms with van der Waals surface area (Å²) in [5, 5.41) is 10.4. The minimum Gasteiger partial charge on any atom is -0.388 e. The molecular weight excluding hydrogens is 319 g/mol. The van der Waals surface area contributed by atoms with Gasteiger partial charge in [-0.25, -0.2) is 4.39 Å². The molecule has 1 nitrogen and oxygen atoms in total. The maximum atomic E-state index is 13.9. The fraction of sp³-hybridized carbons (Fsp3) is 0.294. The third-order valence-electron chi connectivity index (χ3n) is 3.80. The SMILES string of the molecule is OC(Cc1ccc(Br)cc1F)c1ccccc1C1CC1. The van der Waals surface area contributed by atoms with Crippen molar-refractivity contribution in [3.8, 4) is 0 Å². The van der Waals surface area contributed by atoms with Gasteiger partial charge in [0.2, 0.25) is 0 Å². The summed E-state index contributed by atoms with van der Waals surface area (Å²) in [5.74, 6) is 0.304. The van der Waals surface area contributed by atoms with Gasteiger partial charge in [-0.2, -0.15) is 0 Å². The molecular formula is C17H16BrFO. The molecule has 1 saturated carbocycles. The molecule has 0 aliphatic heterocycles. The van der Waals surface area contributed by atoms with Gasteiger partial charge in [-0.05, 0) is 47.6 Å². The molecule has 20 heavy (non-hydrogen) atoms. The maximum absolute atomic E-state index is 13.9. The van der Waals surface area contributed by atoms with Gasteiger partial charge in [0, 0.05) is 10.9 Å². The highest BCUT2D eigenvalue weighted by Gasteiger charge is 2.27. The summed E-state index contributed by atoms with van der Waals surface area (Å²) in [5.41, 5.74) is 2.71. The summed E-state index contributed by atoms with van der Waals surface area (Å²) in [6.07, 6.45) is 2.04. The van der Waals surface area contributed by atoms with E-state index in [9.17, 15) is 9.50 Å². The van der Waals surface area contributed by atoms with Crippen LogP contribution in [-0.4, -0.2) is 5.11 Å². The van der Waals surface area contributed by atoms with Crippen molar-refractivity contribution in [2.45, 2.75) is 31.3 Å². The van der Waals surface area contributed by atoms with Crippen molar-refractivity contribution in [3.63, 3.8) is 0 Å². The molecule has 0 saturated heterocycles. The Morgan fingerprint density at radius 2 is 1.95 bits per heavy atom. The Morgan fingerprint density at radius 1 is 1.20 bits per heavy atom. The minimum absolute atomic E-state index is 0.276. The van der Waals surface area contributed by atoms with E-state index in [2.05, 4.69) is 22.0 Å². The highest BCUT2D eigenvalue weighted by Crippen LogP contribution is 2.43. The average Bonchev–Trinajstić information content (AvgIpc) is 3.26. The molecule has 1 N–H and O–H groups in total. The van der Waals surface area contributed by atoms with Crippen molar-refractivity contribution < 1.29 is 9.50 Å². The largest absolute Gasteiger partial charge is 0.388 e. The quantitative estimate of drug-likeness (QED) is 0.855. The van der Waals surface area contributed by atoms with E-state index >= 15 is 0 Å². The predicted octanol–water partition coefficient (Wildman–Crippen LogP) is 4.74. The van der Waals surface area contributed by atoms with Crippen molar-refractivity contribution in [1.82, 2.24) is 0 Å². The van der Waals surface area contributed by atoms with Gasteiger partial charge in [0.1, 0.15) is 5.82 Å². The molecule has 1 unspecified atom stereocenters. The molecule has 1 aliphatic carbocycles. The van der Waals surface area contributed by atoms with Crippen LogP contribution in [0.15, 0.2) is 46.9 Å². The van der Waals surface area contributed by atoms with Gasteiger partial charge in [0.15, 0.2) is 0 Å². The van der Waals surface area contributed by atoms with Crippen LogP contribution in [0.3, 0.4) is 0 Å². The molecule has 0 heterocycles. The Kier molecular flexibility index (Phi) is 3.90. The second-order valence-electron chi connectivity index (χ2n) is 5.36. The lowest BCUT2D eigenvalue weighted by Gasteiger charge is -2.16. The minimum atomic E-state index is -0.650. The molecule has 2 aromatic rings. The van der Waals surface area contributed by atoms with E-state index in [0.29, 0.717) is 22.4 Å². The zero-order valence-electron chi connectivity index (χ0n) is 11.0. The fourth-order valence-electron chi connectivity index (χ4n) is 2.59. The molecule has 2 aromatic carbocycles. The first-order valence-electron chi connectivity index (χ1n) is 6.86. The van der Waals surface area contributed by atoms with Gasteiger partial charge in [0.25, 0.3) is 0 Å². The summed E-state index contributed by atoms with van der Waals surface area (Å²) in [7, 11) is 0. The van der Waals surface area contributed by atoms with Gasteiger partial charge in [-0.3, -0.25) is 0 Å². The number of aliphatic hydroxyl groups is 1. The highest BCUT2D eigenvalue weighted by atomic mass is 79.9.